The molecule has 0 spiro atoms. The minimum absolute atomic E-state index is 0.222. The van der Waals surface area contributed by atoms with Crippen molar-refractivity contribution in [3.63, 3.8) is 0 Å². The summed E-state index contributed by atoms with van der Waals surface area (Å²) in [5.41, 5.74) is 0.691. The number of amides is 1. The van der Waals surface area contributed by atoms with Crippen molar-refractivity contribution in [2.45, 2.75) is 32.9 Å². The van der Waals surface area contributed by atoms with Crippen molar-refractivity contribution in [3.05, 3.63) is 34.9 Å². The van der Waals surface area contributed by atoms with Gasteiger partial charge in [-0.05, 0) is 32.4 Å². The molecule has 0 radical (unpaired) electrons. The molecule has 0 aromatic heterocycles. The molecular weight excluding hydrogens is 288 g/mol. The molecular formula is C16H23ClN2O2. The highest BCUT2D eigenvalue weighted by Gasteiger charge is 2.25. The zero-order valence-corrected chi connectivity index (χ0v) is 13.7. The van der Waals surface area contributed by atoms with Crippen molar-refractivity contribution < 1.29 is 9.53 Å². The summed E-state index contributed by atoms with van der Waals surface area (Å²) in [5, 5.41) is 0.798. The third-order valence-electron chi connectivity index (χ3n) is 3.38. The third kappa shape index (κ3) is 4.90. The molecule has 0 bridgehead atoms. The molecule has 0 aliphatic carbocycles. The first-order valence-electron chi connectivity index (χ1n) is 7.29. The van der Waals surface area contributed by atoms with Crippen LogP contribution in [0.3, 0.4) is 0 Å². The smallest absolute Gasteiger partial charge is 0.410 e. The summed E-state index contributed by atoms with van der Waals surface area (Å²) in [6.45, 7) is 9.55. The Morgan fingerprint density at radius 3 is 2.38 bits per heavy atom. The van der Waals surface area contributed by atoms with Crippen molar-refractivity contribution in [1.82, 2.24) is 9.80 Å². The van der Waals surface area contributed by atoms with E-state index in [1.54, 1.807) is 4.90 Å². The Morgan fingerprint density at radius 1 is 1.19 bits per heavy atom. The standard InChI is InChI=1S/C16H23ClN2O2/c1-16(2,3)21-15(20)19-10-8-18(9-11-19)12-13-6-4-5-7-14(13)17/h4-7H,8-12H2,1-3H3. The molecule has 1 saturated heterocycles. The average Bonchev–Trinajstić information content (AvgIpc) is 2.40. The number of piperazine rings is 1. The van der Waals surface area contributed by atoms with Gasteiger partial charge in [0.1, 0.15) is 5.60 Å². The lowest BCUT2D eigenvalue weighted by Crippen LogP contribution is -2.49. The topological polar surface area (TPSA) is 32.8 Å². The van der Waals surface area contributed by atoms with Gasteiger partial charge in [-0.2, -0.15) is 0 Å². The van der Waals surface area contributed by atoms with E-state index in [2.05, 4.69) is 4.90 Å². The largest absolute Gasteiger partial charge is 0.444 e. The van der Waals surface area contributed by atoms with Gasteiger partial charge in [0.2, 0.25) is 0 Å². The minimum Gasteiger partial charge on any atom is -0.444 e. The van der Waals surface area contributed by atoms with Gasteiger partial charge in [-0.1, -0.05) is 29.8 Å². The summed E-state index contributed by atoms with van der Waals surface area (Å²) >= 11 is 6.18. The van der Waals surface area contributed by atoms with Crippen molar-refractivity contribution in [3.8, 4) is 0 Å². The van der Waals surface area contributed by atoms with E-state index in [1.807, 2.05) is 45.0 Å². The van der Waals surface area contributed by atoms with Gasteiger partial charge in [0.25, 0.3) is 0 Å². The van der Waals surface area contributed by atoms with Crippen molar-refractivity contribution in [1.29, 1.82) is 0 Å². The lowest BCUT2D eigenvalue weighted by molar-refractivity contribution is 0.0139. The number of benzene rings is 1. The molecule has 2 rings (SSSR count). The zero-order valence-electron chi connectivity index (χ0n) is 12.9. The molecule has 4 nitrogen and oxygen atoms in total. The molecule has 1 fully saturated rings. The van der Waals surface area contributed by atoms with E-state index >= 15 is 0 Å². The number of hydrogen-bond donors (Lipinski definition) is 0. The monoisotopic (exact) mass is 310 g/mol. The summed E-state index contributed by atoms with van der Waals surface area (Å²) in [6.07, 6.45) is -0.222. The van der Waals surface area contributed by atoms with Crippen LogP contribution in [0, 0.1) is 0 Å². The van der Waals surface area contributed by atoms with Gasteiger partial charge < -0.3 is 9.64 Å². The van der Waals surface area contributed by atoms with Gasteiger partial charge in [-0.15, -0.1) is 0 Å². The number of rotatable bonds is 2. The molecule has 21 heavy (non-hydrogen) atoms. The van der Waals surface area contributed by atoms with Crippen molar-refractivity contribution in [2.75, 3.05) is 26.2 Å². The van der Waals surface area contributed by atoms with Crippen molar-refractivity contribution >= 4 is 17.7 Å². The van der Waals surface area contributed by atoms with Crippen LogP contribution in [-0.4, -0.2) is 47.7 Å². The quantitative estimate of drug-likeness (QED) is 0.839. The highest BCUT2D eigenvalue weighted by Crippen LogP contribution is 2.18. The van der Waals surface area contributed by atoms with Crippen LogP contribution in [0.4, 0.5) is 4.79 Å². The molecule has 0 unspecified atom stereocenters. The Kier molecular flexibility index (Phi) is 5.12. The maximum absolute atomic E-state index is 12.0. The first kappa shape index (κ1) is 16.1. The fraction of sp³-hybridized carbons (Fsp3) is 0.562. The molecule has 1 aliphatic heterocycles. The number of carbonyl (C=O) groups excluding carboxylic acids is 1. The van der Waals surface area contributed by atoms with Gasteiger partial charge in [0, 0.05) is 37.7 Å². The van der Waals surface area contributed by atoms with Gasteiger partial charge in [0.05, 0.1) is 0 Å². The van der Waals surface area contributed by atoms with E-state index < -0.39 is 5.60 Å². The van der Waals surface area contributed by atoms with Crippen LogP contribution in [0.15, 0.2) is 24.3 Å². The Morgan fingerprint density at radius 2 is 1.81 bits per heavy atom. The van der Waals surface area contributed by atoms with E-state index in [0.29, 0.717) is 13.1 Å². The molecule has 1 amide bonds. The van der Waals surface area contributed by atoms with E-state index in [1.165, 1.54) is 0 Å². The third-order valence-corrected chi connectivity index (χ3v) is 3.74. The molecule has 0 N–H and O–H groups in total. The second-order valence-corrected chi connectivity index (χ2v) is 6.74. The van der Waals surface area contributed by atoms with Gasteiger partial charge in [-0.3, -0.25) is 4.90 Å². The summed E-state index contributed by atoms with van der Waals surface area (Å²) in [6, 6.07) is 7.89. The summed E-state index contributed by atoms with van der Waals surface area (Å²) in [5.74, 6) is 0. The van der Waals surface area contributed by atoms with Crippen LogP contribution in [0.2, 0.25) is 5.02 Å². The van der Waals surface area contributed by atoms with Crippen LogP contribution in [0.5, 0.6) is 0 Å². The van der Waals surface area contributed by atoms with Crippen molar-refractivity contribution in [2.24, 2.45) is 0 Å². The normalized spacial score (nSPS) is 16.9. The number of carbonyl (C=O) groups is 1. The lowest BCUT2D eigenvalue weighted by atomic mass is 10.2. The van der Waals surface area contributed by atoms with Crippen LogP contribution < -0.4 is 0 Å². The van der Waals surface area contributed by atoms with Crippen LogP contribution in [0.25, 0.3) is 0 Å². The number of nitrogens with zero attached hydrogens (tertiary/aromatic N) is 2. The molecule has 0 saturated carbocycles. The second-order valence-electron chi connectivity index (χ2n) is 6.33. The molecule has 116 valence electrons. The molecule has 0 atom stereocenters. The SMILES string of the molecule is CC(C)(C)OC(=O)N1CCN(Cc2ccccc2Cl)CC1. The van der Waals surface area contributed by atoms with Crippen LogP contribution in [-0.2, 0) is 11.3 Å². The molecule has 1 aromatic carbocycles. The summed E-state index contributed by atoms with van der Waals surface area (Å²) < 4.78 is 5.40. The minimum atomic E-state index is -0.439. The van der Waals surface area contributed by atoms with E-state index in [0.717, 1.165) is 30.2 Å². The predicted octanol–water partition coefficient (Wildman–Crippen LogP) is 3.39. The van der Waals surface area contributed by atoms with E-state index in [9.17, 15) is 4.79 Å². The molecule has 1 aliphatic rings. The summed E-state index contributed by atoms with van der Waals surface area (Å²) in [7, 11) is 0. The zero-order chi connectivity index (χ0) is 15.5. The van der Waals surface area contributed by atoms with Gasteiger partial charge in [-0.25, -0.2) is 4.79 Å². The number of halogens is 1. The lowest BCUT2D eigenvalue weighted by Gasteiger charge is -2.35. The maximum Gasteiger partial charge on any atom is 0.410 e. The first-order chi connectivity index (χ1) is 9.85. The van der Waals surface area contributed by atoms with E-state index in [4.69, 9.17) is 16.3 Å². The predicted molar refractivity (Wildman–Crippen MR) is 84.5 cm³/mol. The fourth-order valence-corrected chi connectivity index (χ4v) is 2.48. The van der Waals surface area contributed by atoms with E-state index in [-0.39, 0.29) is 6.09 Å². The average molecular weight is 311 g/mol. The Bertz CT molecular complexity index is 491. The Balaban J connectivity index is 1.83. The first-order valence-corrected chi connectivity index (χ1v) is 7.66. The highest BCUT2D eigenvalue weighted by atomic mass is 35.5. The van der Waals surface area contributed by atoms with Crippen LogP contribution in [0.1, 0.15) is 26.3 Å². The Hall–Kier alpha value is -1.26. The van der Waals surface area contributed by atoms with Crippen LogP contribution >= 0.6 is 11.6 Å². The Labute approximate surface area is 131 Å². The van der Waals surface area contributed by atoms with Gasteiger partial charge in [0.15, 0.2) is 0 Å². The highest BCUT2D eigenvalue weighted by molar-refractivity contribution is 6.31. The van der Waals surface area contributed by atoms with Gasteiger partial charge >= 0.3 is 6.09 Å². The summed E-state index contributed by atoms with van der Waals surface area (Å²) in [4.78, 5) is 16.1. The fourth-order valence-electron chi connectivity index (χ4n) is 2.28. The number of hydrogen-bond acceptors (Lipinski definition) is 3. The molecule has 1 aromatic rings. The second kappa shape index (κ2) is 6.67. The molecule has 5 heteroatoms. The number of ether oxygens (including phenoxy) is 1. The molecule has 1 heterocycles. The maximum atomic E-state index is 12.0.